The van der Waals surface area contributed by atoms with Gasteiger partial charge in [0.15, 0.2) is 0 Å². The molecule has 4 rings (SSSR count). The molecule has 0 saturated carbocycles. The quantitative estimate of drug-likeness (QED) is 0.353. The van der Waals surface area contributed by atoms with Crippen LogP contribution >= 0.6 is 11.3 Å². The van der Waals surface area contributed by atoms with Crippen molar-refractivity contribution in [3.05, 3.63) is 59.7 Å². The number of aromatic nitrogens is 1. The van der Waals surface area contributed by atoms with Crippen molar-refractivity contribution in [1.29, 1.82) is 0 Å². The Hall–Kier alpha value is -1.31. The Balaban J connectivity index is 2.14. The van der Waals surface area contributed by atoms with E-state index in [-0.39, 0.29) is 0 Å². The Morgan fingerprint density at radius 3 is 2.59 bits per heavy atom. The van der Waals surface area contributed by atoms with Gasteiger partial charge in [0.1, 0.15) is 0 Å². The standard InChI is InChI=1S/C19H14NS.Bi/c1-12-9-10-20-16(11-12)18-13(2)7-8-15-14-5-3-4-6-17(14)21-19(15)18;/h3-9,11H,1-2H3;. The fraction of sp³-hybridized carbons (Fsp3) is 0.105. The van der Waals surface area contributed by atoms with Crippen LogP contribution in [0.3, 0.4) is 0 Å². The number of hydrogen-bond acceptors (Lipinski definition) is 2. The summed E-state index contributed by atoms with van der Waals surface area (Å²) in [5, 5.41) is 2.69. The number of pyridine rings is 1. The Morgan fingerprint density at radius 2 is 1.77 bits per heavy atom. The van der Waals surface area contributed by atoms with Crippen LogP contribution in [0.5, 0.6) is 0 Å². The molecule has 0 saturated heterocycles. The van der Waals surface area contributed by atoms with Gasteiger partial charge < -0.3 is 0 Å². The summed E-state index contributed by atoms with van der Waals surface area (Å²) in [4.78, 5) is 4.84. The molecule has 106 valence electrons. The van der Waals surface area contributed by atoms with Gasteiger partial charge in [0, 0.05) is 0 Å². The maximum absolute atomic E-state index is 4.84. The summed E-state index contributed by atoms with van der Waals surface area (Å²) in [7, 11) is 0. The first-order valence-corrected chi connectivity index (χ1v) is 9.78. The minimum atomic E-state index is 1.12. The topological polar surface area (TPSA) is 12.9 Å². The zero-order valence-electron chi connectivity index (χ0n) is 12.4. The summed E-state index contributed by atoms with van der Waals surface area (Å²) in [6.45, 7) is 4.34. The summed E-state index contributed by atoms with van der Waals surface area (Å²) in [5.41, 5.74) is 5.01. The fourth-order valence-electron chi connectivity index (χ4n) is 2.98. The molecule has 0 spiro atoms. The van der Waals surface area contributed by atoms with E-state index in [1.54, 1.807) is 0 Å². The van der Waals surface area contributed by atoms with E-state index in [9.17, 15) is 0 Å². The van der Waals surface area contributed by atoms with Gasteiger partial charge in [-0.1, -0.05) is 0 Å². The summed E-state index contributed by atoms with van der Waals surface area (Å²) in [5.74, 6) is 0. The van der Waals surface area contributed by atoms with E-state index in [4.69, 9.17) is 4.98 Å². The number of thiophene rings is 1. The number of hydrogen-bond donors (Lipinski definition) is 0. The molecule has 3 heteroatoms. The molecule has 0 aliphatic carbocycles. The molecule has 0 unspecified atom stereocenters. The molecule has 0 bridgehead atoms. The Bertz CT molecular complexity index is 996. The summed E-state index contributed by atoms with van der Waals surface area (Å²) < 4.78 is 3.89. The van der Waals surface area contributed by atoms with Crippen LogP contribution in [0.1, 0.15) is 11.1 Å². The van der Waals surface area contributed by atoms with Gasteiger partial charge in [0.05, 0.1) is 0 Å². The van der Waals surface area contributed by atoms with E-state index in [1.807, 2.05) is 11.3 Å². The monoisotopic (exact) mass is 497 g/mol. The second-order valence-electron chi connectivity index (χ2n) is 5.62. The molecule has 0 N–H and O–H groups in total. The van der Waals surface area contributed by atoms with Crippen LogP contribution < -0.4 is 3.40 Å². The summed E-state index contributed by atoms with van der Waals surface area (Å²) in [6.07, 6.45) is 0. The molecule has 0 aliphatic rings. The Labute approximate surface area is 148 Å². The van der Waals surface area contributed by atoms with E-state index in [0.717, 1.165) is 5.69 Å². The van der Waals surface area contributed by atoms with Gasteiger partial charge in [-0.05, 0) is 0 Å². The first-order chi connectivity index (χ1) is 10.6. The van der Waals surface area contributed by atoms with Crippen molar-refractivity contribution >= 4 is 59.6 Å². The van der Waals surface area contributed by atoms with Crippen LogP contribution in [0.25, 0.3) is 31.4 Å². The first kappa shape index (κ1) is 14.3. The van der Waals surface area contributed by atoms with Crippen LogP contribution in [-0.4, -0.2) is 29.7 Å². The molecule has 1 nitrogen and oxygen atoms in total. The van der Waals surface area contributed by atoms with Crippen LogP contribution in [-0.2, 0) is 0 Å². The Kier molecular flexibility index (Phi) is 3.51. The van der Waals surface area contributed by atoms with E-state index < -0.39 is 0 Å². The van der Waals surface area contributed by atoms with Crippen molar-refractivity contribution in [2.75, 3.05) is 0 Å². The van der Waals surface area contributed by atoms with Gasteiger partial charge in [-0.3, -0.25) is 0 Å². The van der Waals surface area contributed by atoms with Crippen molar-refractivity contribution in [3.8, 4) is 11.3 Å². The average molecular weight is 497 g/mol. The van der Waals surface area contributed by atoms with Crippen molar-refractivity contribution in [2.24, 2.45) is 0 Å². The zero-order valence-corrected chi connectivity index (χ0v) is 16.7. The maximum atomic E-state index is 4.84. The third-order valence-corrected chi connectivity index (χ3v) is 6.06. The van der Waals surface area contributed by atoms with Crippen molar-refractivity contribution in [2.45, 2.75) is 13.8 Å². The van der Waals surface area contributed by atoms with Crippen LogP contribution in [0.2, 0.25) is 0 Å². The van der Waals surface area contributed by atoms with E-state index in [1.165, 1.54) is 65.0 Å². The number of fused-ring (bicyclic) bond motifs is 3. The number of benzene rings is 2. The molecule has 2 aromatic carbocycles. The zero-order chi connectivity index (χ0) is 15.3. The van der Waals surface area contributed by atoms with Gasteiger partial charge in [0.25, 0.3) is 0 Å². The molecule has 0 fully saturated rings. The van der Waals surface area contributed by atoms with E-state index in [2.05, 4.69) is 62.4 Å². The first-order valence-electron chi connectivity index (χ1n) is 7.22. The molecule has 2 aromatic heterocycles. The van der Waals surface area contributed by atoms with Crippen molar-refractivity contribution in [1.82, 2.24) is 4.98 Å². The van der Waals surface area contributed by atoms with Crippen molar-refractivity contribution < 1.29 is 0 Å². The predicted octanol–water partition coefficient (Wildman–Crippen LogP) is 4.53. The van der Waals surface area contributed by atoms with Crippen LogP contribution in [0, 0.1) is 13.8 Å². The normalized spacial score (nSPS) is 11.4. The van der Waals surface area contributed by atoms with Gasteiger partial charge in [-0.2, -0.15) is 0 Å². The molecule has 0 amide bonds. The van der Waals surface area contributed by atoms with Gasteiger partial charge in [-0.15, -0.1) is 0 Å². The number of rotatable bonds is 1. The average Bonchev–Trinajstić information content (AvgIpc) is 2.84. The molecular formula is C19H14BiNS. The number of aryl methyl sites for hydroxylation is 2. The molecule has 0 atom stereocenters. The minimum absolute atomic E-state index is 1.12. The second-order valence-corrected chi connectivity index (χ2v) is 8.45. The Morgan fingerprint density at radius 1 is 0.955 bits per heavy atom. The van der Waals surface area contributed by atoms with E-state index in [0.29, 0.717) is 0 Å². The molecule has 4 aromatic rings. The van der Waals surface area contributed by atoms with E-state index >= 15 is 0 Å². The molecule has 0 aliphatic heterocycles. The third kappa shape index (κ3) is 2.28. The van der Waals surface area contributed by atoms with Gasteiger partial charge in [-0.25, -0.2) is 0 Å². The third-order valence-electron chi connectivity index (χ3n) is 3.97. The van der Waals surface area contributed by atoms with Gasteiger partial charge >= 0.3 is 149 Å². The molecule has 22 heavy (non-hydrogen) atoms. The predicted molar refractivity (Wildman–Crippen MR) is 97.4 cm³/mol. The summed E-state index contributed by atoms with van der Waals surface area (Å²) >= 11 is 3.08. The van der Waals surface area contributed by atoms with Gasteiger partial charge in [0.2, 0.25) is 0 Å². The van der Waals surface area contributed by atoms with Crippen LogP contribution in [0.4, 0.5) is 0 Å². The molecule has 2 radical (unpaired) electrons. The summed E-state index contributed by atoms with van der Waals surface area (Å²) in [6, 6.07) is 17.5. The fourth-order valence-corrected chi connectivity index (χ4v) is 5.50. The molecule has 2 heterocycles. The van der Waals surface area contributed by atoms with Crippen LogP contribution in [0.15, 0.2) is 48.5 Å². The van der Waals surface area contributed by atoms with Crippen molar-refractivity contribution in [3.63, 3.8) is 0 Å². The molecular weight excluding hydrogens is 483 g/mol. The second kappa shape index (κ2) is 5.40. The SMILES string of the molecule is Cc1c[c]([Bi])nc(-c2c(C)ccc3c2sc2ccccc23)c1. The number of nitrogens with zero attached hydrogens (tertiary/aromatic N) is 1.